The number of aliphatic hydroxyl groups excluding tert-OH is 1. The van der Waals surface area contributed by atoms with E-state index in [1.165, 1.54) is 4.90 Å². The molecule has 3 fully saturated rings. The fraction of sp³-hybridized carbons (Fsp3) is 0.474. The molecule has 5 rings (SSSR count). The summed E-state index contributed by atoms with van der Waals surface area (Å²) in [5.74, 6) is -3.47. The summed E-state index contributed by atoms with van der Waals surface area (Å²) in [5.41, 5.74) is 1.94. The van der Waals surface area contributed by atoms with Crippen molar-refractivity contribution in [1.29, 1.82) is 0 Å². The normalized spacial score (nSPS) is 25.2. The number of benzene rings is 2. The summed E-state index contributed by atoms with van der Waals surface area (Å²) < 4.78 is 12.8. The second-order valence-electron chi connectivity index (χ2n) is 13.0. The standard InChI is InChI=1S/C38H47N3O7/c1-6-9-18-30(43)39-22-29(26-16-11-10-12-17-26)47-37(46)31-28-19-20-38(48-28)32(31)35(44)41(27(8-3)23-42)34(38)36(45)40(21-7-2)33-24(4)14-13-15-25(33)5/h6-7,10-17,27-29,31-32,34,42H,1-2,8-9,18-23H2,3-5H3,(H,39,43)/t27-,28+,29-,31-,32-,34+,38-/m0/s1. The number of carbonyl (C=O) groups excluding carboxylic acids is 4. The minimum Gasteiger partial charge on any atom is -0.455 e. The Bertz CT molecular complexity index is 1520. The summed E-state index contributed by atoms with van der Waals surface area (Å²) in [5, 5.41) is 13.3. The average Bonchev–Trinajstić information content (AvgIpc) is 3.73. The lowest BCUT2D eigenvalue weighted by Crippen LogP contribution is -2.59. The molecule has 2 aromatic rings. The van der Waals surface area contributed by atoms with Crippen LogP contribution in [0.25, 0.3) is 0 Å². The molecule has 48 heavy (non-hydrogen) atoms. The number of nitrogens with one attached hydrogen (secondary N) is 1. The molecule has 0 aromatic heterocycles. The van der Waals surface area contributed by atoms with E-state index in [4.69, 9.17) is 9.47 Å². The molecule has 1 spiro atoms. The largest absolute Gasteiger partial charge is 0.455 e. The second kappa shape index (κ2) is 14.9. The predicted molar refractivity (Wildman–Crippen MR) is 182 cm³/mol. The average molecular weight is 658 g/mol. The van der Waals surface area contributed by atoms with E-state index in [0.29, 0.717) is 31.2 Å². The Labute approximate surface area is 282 Å². The lowest BCUT2D eigenvalue weighted by atomic mass is 9.70. The van der Waals surface area contributed by atoms with Crippen molar-refractivity contribution in [2.45, 2.75) is 82.8 Å². The van der Waals surface area contributed by atoms with Gasteiger partial charge < -0.3 is 29.7 Å². The fourth-order valence-corrected chi connectivity index (χ4v) is 7.89. The van der Waals surface area contributed by atoms with Crippen molar-refractivity contribution in [3.8, 4) is 0 Å². The van der Waals surface area contributed by atoms with Crippen LogP contribution in [0, 0.1) is 25.7 Å². The summed E-state index contributed by atoms with van der Waals surface area (Å²) in [7, 11) is 0. The van der Waals surface area contributed by atoms with Gasteiger partial charge in [0.25, 0.3) is 5.91 Å². The van der Waals surface area contributed by atoms with Crippen molar-refractivity contribution in [3.05, 3.63) is 90.5 Å². The first-order valence-electron chi connectivity index (χ1n) is 16.9. The van der Waals surface area contributed by atoms with Gasteiger partial charge in [-0.25, -0.2) is 0 Å². The van der Waals surface area contributed by atoms with Gasteiger partial charge in [0.05, 0.1) is 37.1 Å². The van der Waals surface area contributed by atoms with E-state index in [-0.39, 0.29) is 37.9 Å². The Hall–Kier alpha value is -4.28. The van der Waals surface area contributed by atoms with Crippen LogP contribution in [-0.4, -0.2) is 77.2 Å². The first kappa shape index (κ1) is 35.0. The van der Waals surface area contributed by atoms with Crippen LogP contribution in [-0.2, 0) is 28.7 Å². The third-order valence-electron chi connectivity index (χ3n) is 10.1. The third kappa shape index (κ3) is 6.31. The summed E-state index contributed by atoms with van der Waals surface area (Å²) in [6.07, 6.45) is 3.94. The number of rotatable bonds is 15. The van der Waals surface area contributed by atoms with Crippen LogP contribution < -0.4 is 10.2 Å². The summed E-state index contributed by atoms with van der Waals surface area (Å²) in [6.45, 7) is 13.2. The van der Waals surface area contributed by atoms with Gasteiger partial charge in [-0.15, -0.1) is 13.2 Å². The maximum Gasteiger partial charge on any atom is 0.313 e. The van der Waals surface area contributed by atoms with Gasteiger partial charge >= 0.3 is 5.97 Å². The molecule has 256 valence electrons. The number of anilines is 1. The highest BCUT2D eigenvalue weighted by molar-refractivity contribution is 6.05. The zero-order valence-electron chi connectivity index (χ0n) is 28.1. The van der Waals surface area contributed by atoms with Crippen molar-refractivity contribution in [1.82, 2.24) is 10.2 Å². The number of fused-ring (bicyclic) bond motifs is 1. The molecule has 10 heteroatoms. The number of likely N-dealkylation sites (tertiary alicyclic amines) is 1. The Morgan fingerprint density at radius 3 is 2.46 bits per heavy atom. The number of allylic oxidation sites excluding steroid dienone is 1. The Balaban J connectivity index is 1.50. The van der Waals surface area contributed by atoms with E-state index in [9.17, 15) is 24.3 Å². The van der Waals surface area contributed by atoms with Gasteiger partial charge in [0.15, 0.2) is 0 Å². The summed E-state index contributed by atoms with van der Waals surface area (Å²) in [6, 6.07) is 13.2. The van der Waals surface area contributed by atoms with Crippen LogP contribution in [0.2, 0.25) is 0 Å². The van der Waals surface area contributed by atoms with E-state index in [1.807, 2.05) is 69.3 Å². The molecule has 2 bridgehead atoms. The number of aliphatic hydroxyl groups is 1. The minimum absolute atomic E-state index is 0.0513. The quantitative estimate of drug-likeness (QED) is 0.216. The second-order valence-corrected chi connectivity index (χ2v) is 13.0. The zero-order valence-corrected chi connectivity index (χ0v) is 28.1. The Morgan fingerprint density at radius 1 is 1.12 bits per heavy atom. The first-order chi connectivity index (χ1) is 23.1. The predicted octanol–water partition coefficient (Wildman–Crippen LogP) is 4.33. The molecule has 7 atom stereocenters. The van der Waals surface area contributed by atoms with Crippen molar-refractivity contribution in [3.63, 3.8) is 0 Å². The van der Waals surface area contributed by atoms with E-state index in [1.54, 1.807) is 17.1 Å². The van der Waals surface area contributed by atoms with Crippen molar-refractivity contribution < 1.29 is 33.8 Å². The highest BCUT2D eigenvalue weighted by Gasteiger charge is 2.75. The van der Waals surface area contributed by atoms with Gasteiger partial charge in [-0.1, -0.05) is 67.6 Å². The lowest BCUT2D eigenvalue weighted by molar-refractivity contribution is -0.161. The zero-order chi connectivity index (χ0) is 34.6. The molecule has 3 aliphatic heterocycles. The van der Waals surface area contributed by atoms with E-state index in [0.717, 1.165) is 16.8 Å². The van der Waals surface area contributed by atoms with Gasteiger partial charge in [0.2, 0.25) is 11.8 Å². The molecule has 3 saturated heterocycles. The number of para-hydroxylation sites is 1. The highest BCUT2D eigenvalue weighted by atomic mass is 16.6. The van der Waals surface area contributed by atoms with E-state index < -0.39 is 53.6 Å². The van der Waals surface area contributed by atoms with Gasteiger partial charge in [-0.3, -0.25) is 19.2 Å². The Morgan fingerprint density at radius 2 is 1.83 bits per heavy atom. The molecular formula is C38H47N3O7. The molecule has 10 nitrogen and oxygen atoms in total. The molecular weight excluding hydrogens is 610 g/mol. The van der Waals surface area contributed by atoms with Crippen LogP contribution >= 0.6 is 0 Å². The number of amides is 3. The van der Waals surface area contributed by atoms with Crippen molar-refractivity contribution >= 4 is 29.4 Å². The summed E-state index contributed by atoms with van der Waals surface area (Å²) >= 11 is 0. The van der Waals surface area contributed by atoms with Crippen LogP contribution in [0.1, 0.15) is 61.8 Å². The fourth-order valence-electron chi connectivity index (χ4n) is 7.89. The van der Waals surface area contributed by atoms with Gasteiger partial charge in [0.1, 0.15) is 17.7 Å². The molecule has 2 N–H and O–H groups in total. The number of carbonyl (C=O) groups is 4. The molecule has 3 aliphatic rings. The molecule has 3 heterocycles. The number of nitrogens with zero attached hydrogens (tertiary/aromatic N) is 2. The number of hydrogen-bond acceptors (Lipinski definition) is 7. The van der Waals surface area contributed by atoms with Crippen molar-refractivity contribution in [2.24, 2.45) is 11.8 Å². The molecule has 3 amide bonds. The van der Waals surface area contributed by atoms with Gasteiger partial charge in [-0.05, 0) is 56.2 Å². The van der Waals surface area contributed by atoms with E-state index >= 15 is 0 Å². The number of aryl methyl sites for hydroxylation is 2. The van der Waals surface area contributed by atoms with Gasteiger partial charge in [0, 0.05) is 18.7 Å². The van der Waals surface area contributed by atoms with Gasteiger partial charge in [-0.2, -0.15) is 0 Å². The molecule has 0 aliphatic carbocycles. The van der Waals surface area contributed by atoms with E-state index in [2.05, 4.69) is 18.5 Å². The minimum atomic E-state index is -1.28. The SMILES string of the molecule is C=CCCC(=O)NC[C@H](OC(=O)[C@@H]1[C@H]2C(=O)N([C@@H](CC)CO)[C@H](C(=O)N(CC=C)c3c(C)cccc3C)[C@]23CC[C@H]1O3)c1ccccc1. The smallest absolute Gasteiger partial charge is 0.313 e. The monoisotopic (exact) mass is 657 g/mol. The molecule has 2 aromatic carbocycles. The lowest BCUT2D eigenvalue weighted by Gasteiger charge is -2.39. The summed E-state index contributed by atoms with van der Waals surface area (Å²) in [4.78, 5) is 59.2. The Kier molecular flexibility index (Phi) is 10.9. The highest BCUT2D eigenvalue weighted by Crippen LogP contribution is 2.59. The topological polar surface area (TPSA) is 125 Å². The number of hydrogen-bond donors (Lipinski definition) is 2. The maximum absolute atomic E-state index is 14.9. The molecule has 0 radical (unpaired) electrons. The van der Waals surface area contributed by atoms with Crippen molar-refractivity contribution in [2.75, 3.05) is 24.6 Å². The van der Waals surface area contributed by atoms with Crippen LogP contribution in [0.3, 0.4) is 0 Å². The van der Waals surface area contributed by atoms with Crippen LogP contribution in [0.15, 0.2) is 73.8 Å². The number of ether oxygens (including phenoxy) is 2. The van der Waals surface area contributed by atoms with Crippen LogP contribution in [0.4, 0.5) is 5.69 Å². The maximum atomic E-state index is 14.9. The molecule has 0 unspecified atom stereocenters. The molecule has 0 saturated carbocycles. The third-order valence-corrected chi connectivity index (χ3v) is 10.1. The first-order valence-corrected chi connectivity index (χ1v) is 16.9. The van der Waals surface area contributed by atoms with Crippen LogP contribution in [0.5, 0.6) is 0 Å². The number of esters is 1.